The third-order valence-electron chi connectivity index (χ3n) is 7.15. The Bertz CT molecular complexity index is 1330. The quantitative estimate of drug-likeness (QED) is 0.500. The molecular weight excluding hydrogens is 448 g/mol. The van der Waals surface area contributed by atoms with Crippen LogP contribution in [-0.2, 0) is 28.9 Å². The summed E-state index contributed by atoms with van der Waals surface area (Å²) in [5.74, 6) is 0.384. The van der Waals surface area contributed by atoms with Crippen molar-refractivity contribution < 1.29 is 9.59 Å². The second kappa shape index (κ2) is 10.4. The largest absolute Gasteiger partial charge is 0.384 e. The Morgan fingerprint density at radius 2 is 1.81 bits per heavy atom. The van der Waals surface area contributed by atoms with E-state index in [0.29, 0.717) is 18.1 Å². The van der Waals surface area contributed by atoms with Crippen LogP contribution in [-0.4, -0.2) is 23.3 Å². The van der Waals surface area contributed by atoms with E-state index < -0.39 is 0 Å². The average molecular weight is 481 g/mol. The molecule has 184 valence electrons. The monoisotopic (exact) mass is 480 g/mol. The minimum absolute atomic E-state index is 0.00488. The van der Waals surface area contributed by atoms with Gasteiger partial charge in [0, 0.05) is 23.5 Å². The van der Waals surface area contributed by atoms with Crippen LogP contribution in [0.4, 0.5) is 17.2 Å². The maximum Gasteiger partial charge on any atom is 0.251 e. The molecule has 6 nitrogen and oxygen atoms in total. The van der Waals surface area contributed by atoms with E-state index >= 15 is 0 Å². The molecule has 2 aromatic carbocycles. The van der Waals surface area contributed by atoms with E-state index in [1.807, 2.05) is 30.3 Å². The molecule has 1 aliphatic carbocycles. The number of benzene rings is 2. The Morgan fingerprint density at radius 1 is 1.00 bits per heavy atom. The summed E-state index contributed by atoms with van der Waals surface area (Å²) < 4.78 is 0. The SMILES string of the molecule is CCc1ccc(C2=C(C(=O)Nc3ccc4c(c3)CCN4C(=O)Cc3cccc(N)n3)CCCC2)cc1. The normalized spacial score (nSPS) is 15.1. The minimum atomic E-state index is -0.0251. The van der Waals surface area contributed by atoms with Crippen LogP contribution >= 0.6 is 0 Å². The summed E-state index contributed by atoms with van der Waals surface area (Å²) in [5, 5.41) is 3.13. The first-order chi connectivity index (χ1) is 17.5. The number of pyridine rings is 1. The number of aryl methyl sites for hydroxylation is 1. The van der Waals surface area contributed by atoms with Gasteiger partial charge in [0.15, 0.2) is 0 Å². The van der Waals surface area contributed by atoms with E-state index in [2.05, 4.69) is 41.5 Å². The highest BCUT2D eigenvalue weighted by molar-refractivity contribution is 6.09. The van der Waals surface area contributed by atoms with Crippen molar-refractivity contribution >= 4 is 34.6 Å². The van der Waals surface area contributed by atoms with Crippen molar-refractivity contribution in [2.45, 2.75) is 51.9 Å². The number of nitrogens with zero attached hydrogens (tertiary/aromatic N) is 2. The number of fused-ring (bicyclic) bond motifs is 1. The number of aromatic nitrogens is 1. The Morgan fingerprint density at radius 3 is 2.58 bits per heavy atom. The zero-order valence-corrected chi connectivity index (χ0v) is 20.7. The van der Waals surface area contributed by atoms with Crippen LogP contribution in [0.15, 0.2) is 66.2 Å². The fourth-order valence-electron chi connectivity index (χ4n) is 5.21. The number of rotatable bonds is 6. The molecule has 0 saturated heterocycles. The molecule has 1 aliphatic heterocycles. The minimum Gasteiger partial charge on any atom is -0.384 e. The summed E-state index contributed by atoms with van der Waals surface area (Å²) >= 11 is 0. The fraction of sp³-hybridized carbons (Fsp3) is 0.300. The second-order valence-electron chi connectivity index (χ2n) is 9.54. The molecule has 0 radical (unpaired) electrons. The molecule has 3 N–H and O–H groups in total. The van der Waals surface area contributed by atoms with Crippen molar-refractivity contribution in [2.75, 3.05) is 22.5 Å². The van der Waals surface area contributed by atoms with Gasteiger partial charge < -0.3 is 16.0 Å². The molecule has 0 unspecified atom stereocenters. The summed E-state index contributed by atoms with van der Waals surface area (Å²) in [4.78, 5) is 32.3. The van der Waals surface area contributed by atoms with Gasteiger partial charge in [-0.3, -0.25) is 9.59 Å². The second-order valence-corrected chi connectivity index (χ2v) is 9.54. The molecule has 6 heteroatoms. The number of nitrogens with two attached hydrogens (primary N) is 1. The number of allylic oxidation sites excluding steroid dienone is 1. The number of hydrogen-bond donors (Lipinski definition) is 2. The molecule has 0 spiro atoms. The molecular formula is C30H32N4O2. The highest BCUT2D eigenvalue weighted by atomic mass is 16.2. The molecule has 2 heterocycles. The number of amides is 2. The summed E-state index contributed by atoms with van der Waals surface area (Å²) in [5.41, 5.74) is 13.6. The lowest BCUT2D eigenvalue weighted by molar-refractivity contribution is -0.118. The third kappa shape index (κ3) is 5.03. The first-order valence-corrected chi connectivity index (χ1v) is 12.8. The predicted molar refractivity (Wildman–Crippen MR) is 145 cm³/mol. The molecule has 3 aromatic rings. The molecule has 0 saturated carbocycles. The molecule has 2 aliphatic rings. The van der Waals surface area contributed by atoms with Gasteiger partial charge in [0.05, 0.1) is 12.1 Å². The standard InChI is InChI=1S/C30H32N4O2/c1-2-20-10-12-21(13-11-20)25-7-3-4-8-26(25)30(36)33-24-14-15-27-22(18-24)16-17-34(27)29(35)19-23-6-5-9-28(31)32-23/h5-6,9-15,18H,2-4,7-8,16-17,19H2,1H3,(H2,31,32)(H,33,36). The van der Waals surface area contributed by atoms with Gasteiger partial charge in [-0.25, -0.2) is 4.98 Å². The number of nitrogen functional groups attached to an aromatic ring is 1. The van der Waals surface area contributed by atoms with Crippen molar-refractivity contribution in [1.29, 1.82) is 0 Å². The van der Waals surface area contributed by atoms with Gasteiger partial charge in [0.2, 0.25) is 5.91 Å². The molecule has 36 heavy (non-hydrogen) atoms. The van der Waals surface area contributed by atoms with Gasteiger partial charge in [0.1, 0.15) is 5.82 Å². The molecule has 0 fully saturated rings. The van der Waals surface area contributed by atoms with Crippen molar-refractivity contribution in [1.82, 2.24) is 4.98 Å². The van der Waals surface area contributed by atoms with Gasteiger partial charge >= 0.3 is 0 Å². The third-order valence-corrected chi connectivity index (χ3v) is 7.15. The maximum atomic E-state index is 13.3. The van der Waals surface area contributed by atoms with Crippen LogP contribution < -0.4 is 16.0 Å². The van der Waals surface area contributed by atoms with E-state index in [1.165, 1.54) is 5.56 Å². The summed E-state index contributed by atoms with van der Waals surface area (Å²) in [6.07, 6.45) is 5.83. The van der Waals surface area contributed by atoms with Gasteiger partial charge in [-0.2, -0.15) is 0 Å². The van der Waals surface area contributed by atoms with Gasteiger partial charge in [-0.15, -0.1) is 0 Å². The maximum absolute atomic E-state index is 13.3. The topological polar surface area (TPSA) is 88.3 Å². The Labute approximate surface area is 212 Å². The molecule has 0 bridgehead atoms. The van der Waals surface area contributed by atoms with E-state index in [1.54, 1.807) is 11.0 Å². The Kier molecular flexibility index (Phi) is 6.85. The van der Waals surface area contributed by atoms with Crippen LogP contribution in [0.3, 0.4) is 0 Å². The highest BCUT2D eigenvalue weighted by Gasteiger charge is 2.26. The lowest BCUT2D eigenvalue weighted by atomic mass is 9.86. The van der Waals surface area contributed by atoms with Crippen molar-refractivity contribution in [2.24, 2.45) is 0 Å². The Hall–Kier alpha value is -3.93. The lowest BCUT2D eigenvalue weighted by Crippen LogP contribution is -2.30. The van der Waals surface area contributed by atoms with Gasteiger partial charge in [0.25, 0.3) is 5.91 Å². The number of carbonyl (C=O) groups is 2. The van der Waals surface area contributed by atoms with Crippen LogP contribution in [0.1, 0.15) is 55.0 Å². The molecule has 1 aromatic heterocycles. The number of hydrogen-bond acceptors (Lipinski definition) is 4. The predicted octanol–water partition coefficient (Wildman–Crippen LogP) is 5.32. The van der Waals surface area contributed by atoms with Crippen LogP contribution in [0, 0.1) is 0 Å². The molecule has 2 amide bonds. The summed E-state index contributed by atoms with van der Waals surface area (Å²) in [6.45, 7) is 2.77. The molecule has 5 rings (SSSR count). The van der Waals surface area contributed by atoms with E-state index in [9.17, 15) is 9.59 Å². The van der Waals surface area contributed by atoms with Crippen molar-refractivity contribution in [3.63, 3.8) is 0 Å². The van der Waals surface area contributed by atoms with Crippen LogP contribution in [0.5, 0.6) is 0 Å². The molecule has 0 atom stereocenters. The summed E-state index contributed by atoms with van der Waals surface area (Å²) in [6, 6.07) is 19.8. The highest BCUT2D eigenvalue weighted by Crippen LogP contribution is 2.35. The first kappa shape index (κ1) is 23.8. The van der Waals surface area contributed by atoms with Gasteiger partial charge in [-0.1, -0.05) is 37.3 Å². The number of nitrogens with one attached hydrogen (secondary N) is 1. The summed E-state index contributed by atoms with van der Waals surface area (Å²) in [7, 11) is 0. The van der Waals surface area contributed by atoms with E-state index in [4.69, 9.17) is 5.73 Å². The smallest absolute Gasteiger partial charge is 0.251 e. The number of anilines is 3. The average Bonchev–Trinajstić information content (AvgIpc) is 3.32. The van der Waals surface area contributed by atoms with Crippen molar-refractivity contribution in [3.05, 3.63) is 88.6 Å². The van der Waals surface area contributed by atoms with Crippen molar-refractivity contribution in [3.8, 4) is 0 Å². The van der Waals surface area contributed by atoms with E-state index in [0.717, 1.165) is 72.2 Å². The van der Waals surface area contributed by atoms with Crippen LogP contribution in [0.25, 0.3) is 5.57 Å². The fourth-order valence-corrected chi connectivity index (χ4v) is 5.21. The van der Waals surface area contributed by atoms with Crippen LogP contribution in [0.2, 0.25) is 0 Å². The Balaban J connectivity index is 1.31. The van der Waals surface area contributed by atoms with E-state index in [-0.39, 0.29) is 18.2 Å². The van der Waals surface area contributed by atoms with Gasteiger partial charge in [-0.05, 0) is 91.1 Å². The number of carbonyl (C=O) groups excluding carboxylic acids is 2. The first-order valence-electron chi connectivity index (χ1n) is 12.8. The lowest BCUT2D eigenvalue weighted by Gasteiger charge is -2.21. The zero-order valence-electron chi connectivity index (χ0n) is 20.7. The zero-order chi connectivity index (χ0) is 25.1.